The summed E-state index contributed by atoms with van der Waals surface area (Å²) >= 11 is 6.09. The van der Waals surface area contributed by atoms with Crippen LogP contribution in [-0.2, 0) is 18.4 Å². The van der Waals surface area contributed by atoms with E-state index in [1.807, 2.05) is 45.4 Å². The van der Waals surface area contributed by atoms with E-state index < -0.39 is 5.54 Å². The van der Waals surface area contributed by atoms with Gasteiger partial charge in [0.2, 0.25) is 5.91 Å². The van der Waals surface area contributed by atoms with Crippen molar-refractivity contribution in [2.45, 2.75) is 24.9 Å². The summed E-state index contributed by atoms with van der Waals surface area (Å²) in [6.07, 6.45) is 3.23. The number of hydrogen-bond acceptors (Lipinski definition) is 4. The van der Waals surface area contributed by atoms with Crippen molar-refractivity contribution in [3.05, 3.63) is 47.1 Å². The van der Waals surface area contributed by atoms with Gasteiger partial charge < -0.3 is 10.2 Å². The summed E-state index contributed by atoms with van der Waals surface area (Å²) in [5.41, 5.74) is 0.603. The average molecular weight is 376 g/mol. The van der Waals surface area contributed by atoms with Gasteiger partial charge in [0.05, 0.1) is 6.20 Å². The second-order valence-electron chi connectivity index (χ2n) is 7.15. The lowest BCUT2D eigenvalue weighted by atomic mass is 9.85. The maximum atomic E-state index is 13.0. The van der Waals surface area contributed by atoms with Crippen molar-refractivity contribution >= 4 is 23.3 Å². The normalized spacial score (nSPS) is 17.1. The zero-order valence-corrected chi connectivity index (χ0v) is 16.3. The Kier molecular flexibility index (Phi) is 5.53. The highest BCUT2D eigenvalue weighted by Gasteiger charge is 2.42. The molecule has 1 N–H and O–H groups in total. The molecule has 0 aliphatic carbocycles. The summed E-state index contributed by atoms with van der Waals surface area (Å²) in [6, 6.07) is 9.86. The van der Waals surface area contributed by atoms with Crippen LogP contribution in [0.2, 0.25) is 5.02 Å². The molecule has 3 rings (SSSR count). The molecule has 2 heterocycles. The number of amides is 1. The number of halogens is 1. The molecule has 26 heavy (non-hydrogen) atoms. The number of hydrogen-bond donors (Lipinski definition) is 1. The van der Waals surface area contributed by atoms with Gasteiger partial charge in [-0.3, -0.25) is 14.4 Å². The predicted molar refractivity (Wildman–Crippen MR) is 104 cm³/mol. The standard InChI is InChI=1S/C19H26ClN5O/c1-23(2)18(26)19(22-17-7-10-21-24(17)3)8-11-25(12-9-19)14-15-5-4-6-16(20)13-15/h4-7,10,13,22H,8-9,11-12,14H2,1-3H3. The van der Waals surface area contributed by atoms with Crippen molar-refractivity contribution in [2.75, 3.05) is 32.5 Å². The van der Waals surface area contributed by atoms with E-state index >= 15 is 0 Å². The van der Waals surface area contributed by atoms with Crippen LogP contribution in [0, 0.1) is 0 Å². The predicted octanol–water partition coefficient (Wildman–Crippen LogP) is 2.61. The van der Waals surface area contributed by atoms with E-state index in [1.54, 1.807) is 15.8 Å². The smallest absolute Gasteiger partial charge is 0.247 e. The third-order valence-electron chi connectivity index (χ3n) is 5.01. The largest absolute Gasteiger partial charge is 0.356 e. The van der Waals surface area contributed by atoms with E-state index in [0.29, 0.717) is 0 Å². The number of benzene rings is 1. The molecule has 140 valence electrons. The van der Waals surface area contributed by atoms with Crippen LogP contribution in [0.1, 0.15) is 18.4 Å². The van der Waals surface area contributed by atoms with Crippen molar-refractivity contribution in [1.82, 2.24) is 19.6 Å². The monoisotopic (exact) mass is 375 g/mol. The van der Waals surface area contributed by atoms with Crippen molar-refractivity contribution in [3.63, 3.8) is 0 Å². The molecule has 0 spiro atoms. The third kappa shape index (κ3) is 4.02. The number of rotatable bonds is 5. The van der Waals surface area contributed by atoms with Gasteiger partial charge >= 0.3 is 0 Å². The lowest BCUT2D eigenvalue weighted by molar-refractivity contribution is -0.135. The summed E-state index contributed by atoms with van der Waals surface area (Å²) in [7, 11) is 5.51. The van der Waals surface area contributed by atoms with Crippen molar-refractivity contribution in [2.24, 2.45) is 7.05 Å². The molecule has 1 aromatic carbocycles. The van der Waals surface area contributed by atoms with Crippen LogP contribution in [0.5, 0.6) is 0 Å². The zero-order valence-electron chi connectivity index (χ0n) is 15.6. The first-order valence-corrected chi connectivity index (χ1v) is 9.22. The van der Waals surface area contributed by atoms with Gasteiger partial charge in [0.25, 0.3) is 0 Å². The maximum absolute atomic E-state index is 13.0. The molecule has 0 atom stereocenters. The van der Waals surface area contributed by atoms with Crippen LogP contribution in [0.25, 0.3) is 0 Å². The van der Waals surface area contributed by atoms with Crippen molar-refractivity contribution in [3.8, 4) is 0 Å². The average Bonchev–Trinajstić information content (AvgIpc) is 3.01. The Hall–Kier alpha value is -2.05. The SMILES string of the molecule is CN(C)C(=O)C1(Nc2ccnn2C)CCN(Cc2cccc(Cl)c2)CC1. The molecular weight excluding hydrogens is 350 g/mol. The molecule has 1 aromatic heterocycles. The Morgan fingerprint density at radius 3 is 2.62 bits per heavy atom. The Morgan fingerprint density at radius 2 is 2.04 bits per heavy atom. The van der Waals surface area contributed by atoms with Gasteiger partial charge in [-0.1, -0.05) is 23.7 Å². The highest BCUT2D eigenvalue weighted by Crippen LogP contribution is 2.29. The molecule has 1 saturated heterocycles. The first kappa shape index (κ1) is 18.7. The molecule has 1 aliphatic rings. The minimum absolute atomic E-state index is 0.112. The lowest BCUT2D eigenvalue weighted by Gasteiger charge is -2.42. The lowest BCUT2D eigenvalue weighted by Crippen LogP contribution is -2.58. The Labute approximate surface area is 159 Å². The van der Waals surface area contributed by atoms with Gasteiger partial charge in [-0.05, 0) is 30.5 Å². The number of nitrogens with one attached hydrogen (secondary N) is 1. The van der Waals surface area contributed by atoms with Gasteiger partial charge in [-0.15, -0.1) is 0 Å². The first-order chi connectivity index (χ1) is 12.4. The molecule has 1 aliphatic heterocycles. The second-order valence-corrected chi connectivity index (χ2v) is 7.59. The minimum Gasteiger partial charge on any atom is -0.356 e. The first-order valence-electron chi connectivity index (χ1n) is 8.84. The third-order valence-corrected chi connectivity index (χ3v) is 5.24. The molecule has 6 nitrogen and oxygen atoms in total. The highest BCUT2D eigenvalue weighted by molar-refractivity contribution is 6.30. The maximum Gasteiger partial charge on any atom is 0.247 e. The van der Waals surface area contributed by atoms with Gasteiger partial charge in [0.1, 0.15) is 11.4 Å². The number of nitrogens with zero attached hydrogens (tertiary/aromatic N) is 4. The molecule has 2 aromatic rings. The molecule has 0 saturated carbocycles. The molecular formula is C19H26ClN5O. The Morgan fingerprint density at radius 1 is 1.31 bits per heavy atom. The van der Waals surface area contributed by atoms with Crippen LogP contribution in [0.3, 0.4) is 0 Å². The fourth-order valence-electron chi connectivity index (χ4n) is 3.55. The van der Waals surface area contributed by atoms with E-state index in [4.69, 9.17) is 11.6 Å². The quantitative estimate of drug-likeness (QED) is 0.872. The van der Waals surface area contributed by atoms with Crippen LogP contribution in [0.4, 0.5) is 5.82 Å². The van der Waals surface area contributed by atoms with E-state index in [9.17, 15) is 4.79 Å². The molecule has 1 amide bonds. The number of likely N-dealkylation sites (tertiary alicyclic amines) is 1. The minimum atomic E-state index is -0.595. The topological polar surface area (TPSA) is 53.4 Å². The molecule has 0 unspecified atom stereocenters. The summed E-state index contributed by atoms with van der Waals surface area (Å²) in [5.74, 6) is 0.976. The van der Waals surface area contributed by atoms with E-state index in [0.717, 1.165) is 43.3 Å². The number of aromatic nitrogens is 2. The van der Waals surface area contributed by atoms with E-state index in [-0.39, 0.29) is 5.91 Å². The summed E-state index contributed by atoms with van der Waals surface area (Å²) in [5, 5.41) is 8.44. The Balaban J connectivity index is 1.72. The number of aryl methyl sites for hydroxylation is 1. The van der Waals surface area contributed by atoms with Crippen LogP contribution >= 0.6 is 11.6 Å². The van der Waals surface area contributed by atoms with Gasteiger partial charge in [-0.25, -0.2) is 0 Å². The molecule has 0 bridgehead atoms. The van der Waals surface area contributed by atoms with Crippen molar-refractivity contribution < 1.29 is 4.79 Å². The van der Waals surface area contributed by atoms with E-state index in [1.165, 1.54) is 5.56 Å². The van der Waals surface area contributed by atoms with Crippen molar-refractivity contribution in [1.29, 1.82) is 0 Å². The van der Waals surface area contributed by atoms with Crippen LogP contribution in [-0.4, -0.2) is 58.2 Å². The fourth-order valence-corrected chi connectivity index (χ4v) is 3.76. The van der Waals surface area contributed by atoms with Crippen LogP contribution < -0.4 is 5.32 Å². The highest BCUT2D eigenvalue weighted by atomic mass is 35.5. The van der Waals surface area contributed by atoms with E-state index in [2.05, 4.69) is 21.4 Å². The molecule has 1 fully saturated rings. The Bertz CT molecular complexity index is 765. The summed E-state index contributed by atoms with van der Waals surface area (Å²) < 4.78 is 1.77. The molecule has 0 radical (unpaired) electrons. The fraction of sp³-hybridized carbons (Fsp3) is 0.474. The summed E-state index contributed by atoms with van der Waals surface area (Å²) in [4.78, 5) is 17.0. The number of piperidine rings is 1. The van der Waals surface area contributed by atoms with Gasteiger partial charge in [-0.2, -0.15) is 5.10 Å². The van der Waals surface area contributed by atoms with Crippen LogP contribution in [0.15, 0.2) is 36.5 Å². The second kappa shape index (κ2) is 7.68. The number of likely N-dealkylation sites (N-methyl/N-ethyl adjacent to an activating group) is 1. The zero-order chi connectivity index (χ0) is 18.7. The molecule has 7 heteroatoms. The van der Waals surface area contributed by atoms with Gasteiger partial charge in [0.15, 0.2) is 0 Å². The summed E-state index contributed by atoms with van der Waals surface area (Å²) in [6.45, 7) is 2.53. The number of carbonyl (C=O) groups excluding carboxylic acids is 1. The number of anilines is 1. The number of carbonyl (C=O) groups is 1. The van der Waals surface area contributed by atoms with Gasteiger partial charge in [0, 0.05) is 51.9 Å².